The molecule has 0 saturated carbocycles. The molecule has 4 rings (SSSR count). The Kier molecular flexibility index (Phi) is 6.83. The number of fused-ring (bicyclic) bond motifs is 1. The van der Waals surface area contributed by atoms with Crippen molar-refractivity contribution in [2.75, 3.05) is 23.8 Å². The fraction of sp³-hybridized carbons (Fsp3) is 0.227. The molecule has 1 amide bonds. The monoisotopic (exact) mass is 456 g/mol. The van der Waals surface area contributed by atoms with E-state index in [4.69, 9.17) is 9.72 Å². The van der Waals surface area contributed by atoms with E-state index < -0.39 is 0 Å². The number of halogens is 1. The SMILES string of the molecule is CCOc1cccc2sc(N(CCn3cccn3)C(=O)CSc3ccc(F)cc3)nc12. The number of thiazole rings is 1. The van der Waals surface area contributed by atoms with Crippen molar-refractivity contribution in [1.82, 2.24) is 14.8 Å². The summed E-state index contributed by atoms with van der Waals surface area (Å²) in [6.45, 7) is 3.46. The smallest absolute Gasteiger partial charge is 0.239 e. The van der Waals surface area contributed by atoms with Crippen LogP contribution >= 0.6 is 23.1 Å². The molecule has 160 valence electrons. The Morgan fingerprint density at radius 3 is 2.81 bits per heavy atom. The van der Waals surface area contributed by atoms with E-state index >= 15 is 0 Å². The second-order valence-electron chi connectivity index (χ2n) is 6.59. The Hall–Kier alpha value is -2.91. The van der Waals surface area contributed by atoms with Gasteiger partial charge in [0.2, 0.25) is 5.91 Å². The summed E-state index contributed by atoms with van der Waals surface area (Å²) in [6, 6.07) is 13.8. The lowest BCUT2D eigenvalue weighted by molar-refractivity contribution is -0.116. The van der Waals surface area contributed by atoms with Gasteiger partial charge in [-0.3, -0.25) is 14.4 Å². The van der Waals surface area contributed by atoms with Crippen LogP contribution in [0.3, 0.4) is 0 Å². The van der Waals surface area contributed by atoms with E-state index in [0.717, 1.165) is 15.1 Å². The van der Waals surface area contributed by atoms with Crippen LogP contribution in [0.15, 0.2) is 65.8 Å². The van der Waals surface area contributed by atoms with Crippen LogP contribution in [-0.2, 0) is 11.3 Å². The minimum atomic E-state index is -0.295. The maximum Gasteiger partial charge on any atom is 0.239 e. The van der Waals surface area contributed by atoms with Crippen LogP contribution in [0.5, 0.6) is 5.75 Å². The quantitative estimate of drug-likeness (QED) is 0.337. The number of rotatable bonds is 9. The number of aromatic nitrogens is 3. The fourth-order valence-corrected chi connectivity index (χ4v) is 4.82. The van der Waals surface area contributed by atoms with Crippen molar-refractivity contribution in [1.29, 1.82) is 0 Å². The van der Waals surface area contributed by atoms with Gasteiger partial charge in [-0.15, -0.1) is 11.8 Å². The lowest BCUT2D eigenvalue weighted by atomic mass is 10.3. The van der Waals surface area contributed by atoms with Gasteiger partial charge in [0.15, 0.2) is 5.13 Å². The number of nitrogens with zero attached hydrogens (tertiary/aromatic N) is 4. The number of anilines is 1. The Morgan fingerprint density at radius 2 is 2.06 bits per heavy atom. The topological polar surface area (TPSA) is 60.2 Å². The van der Waals surface area contributed by atoms with Crippen molar-refractivity contribution < 1.29 is 13.9 Å². The molecule has 2 aromatic heterocycles. The summed E-state index contributed by atoms with van der Waals surface area (Å²) < 4.78 is 21.6. The number of para-hydroxylation sites is 1. The number of amides is 1. The number of hydrogen-bond acceptors (Lipinski definition) is 6. The molecule has 0 fully saturated rings. The van der Waals surface area contributed by atoms with Crippen molar-refractivity contribution in [3.05, 3.63) is 66.7 Å². The van der Waals surface area contributed by atoms with Gasteiger partial charge in [-0.25, -0.2) is 9.37 Å². The van der Waals surface area contributed by atoms with E-state index in [2.05, 4.69) is 5.10 Å². The molecular formula is C22H21FN4O2S2. The highest BCUT2D eigenvalue weighted by molar-refractivity contribution is 8.00. The molecule has 2 aromatic carbocycles. The van der Waals surface area contributed by atoms with Crippen molar-refractivity contribution in [3.63, 3.8) is 0 Å². The zero-order chi connectivity index (χ0) is 21.6. The maximum absolute atomic E-state index is 13.2. The largest absolute Gasteiger partial charge is 0.492 e. The number of thioether (sulfide) groups is 1. The van der Waals surface area contributed by atoms with Crippen LogP contribution in [0, 0.1) is 5.82 Å². The second-order valence-corrected chi connectivity index (χ2v) is 8.65. The minimum absolute atomic E-state index is 0.0708. The number of benzene rings is 2. The first-order valence-corrected chi connectivity index (χ1v) is 11.6. The second kappa shape index (κ2) is 9.93. The zero-order valence-corrected chi connectivity index (χ0v) is 18.5. The number of hydrogen-bond donors (Lipinski definition) is 0. The van der Waals surface area contributed by atoms with Crippen molar-refractivity contribution in [2.45, 2.75) is 18.4 Å². The van der Waals surface area contributed by atoms with E-state index in [1.165, 1.54) is 35.2 Å². The van der Waals surface area contributed by atoms with Crippen molar-refractivity contribution in [2.24, 2.45) is 0 Å². The van der Waals surface area contributed by atoms with Gasteiger partial charge >= 0.3 is 0 Å². The molecule has 31 heavy (non-hydrogen) atoms. The van der Waals surface area contributed by atoms with Gasteiger partial charge in [0.1, 0.15) is 17.1 Å². The van der Waals surface area contributed by atoms with Gasteiger partial charge in [-0.1, -0.05) is 17.4 Å². The molecule has 0 unspecified atom stereocenters. The van der Waals surface area contributed by atoms with E-state index in [-0.39, 0.29) is 17.5 Å². The van der Waals surface area contributed by atoms with E-state index in [9.17, 15) is 9.18 Å². The lowest BCUT2D eigenvalue weighted by Gasteiger charge is -2.19. The molecule has 0 saturated heterocycles. The summed E-state index contributed by atoms with van der Waals surface area (Å²) >= 11 is 2.83. The van der Waals surface area contributed by atoms with Gasteiger partial charge in [-0.2, -0.15) is 5.10 Å². The first-order chi connectivity index (χ1) is 15.1. The molecule has 4 aromatic rings. The zero-order valence-electron chi connectivity index (χ0n) is 16.9. The van der Waals surface area contributed by atoms with Crippen molar-refractivity contribution in [3.8, 4) is 5.75 Å². The normalized spacial score (nSPS) is 11.0. The Bertz CT molecular complexity index is 1150. The molecule has 0 atom stereocenters. The molecule has 0 bridgehead atoms. The van der Waals surface area contributed by atoms with Gasteiger partial charge < -0.3 is 4.74 Å². The third kappa shape index (κ3) is 5.23. The molecule has 6 nitrogen and oxygen atoms in total. The van der Waals surface area contributed by atoms with Crippen LogP contribution in [0.1, 0.15) is 6.92 Å². The predicted molar refractivity (Wildman–Crippen MR) is 122 cm³/mol. The highest BCUT2D eigenvalue weighted by Gasteiger charge is 2.21. The Morgan fingerprint density at radius 1 is 1.23 bits per heavy atom. The third-order valence-electron chi connectivity index (χ3n) is 4.49. The minimum Gasteiger partial charge on any atom is -0.492 e. The van der Waals surface area contributed by atoms with Crippen LogP contribution in [0.2, 0.25) is 0 Å². The van der Waals surface area contributed by atoms with E-state index in [1.54, 1.807) is 27.9 Å². The van der Waals surface area contributed by atoms with Crippen LogP contribution < -0.4 is 9.64 Å². The summed E-state index contributed by atoms with van der Waals surface area (Å²) in [5, 5.41) is 4.85. The van der Waals surface area contributed by atoms with Crippen LogP contribution in [0.25, 0.3) is 10.2 Å². The van der Waals surface area contributed by atoms with E-state index in [1.807, 2.05) is 37.4 Å². The summed E-state index contributed by atoms with van der Waals surface area (Å²) in [5.41, 5.74) is 0.757. The van der Waals surface area contributed by atoms with Crippen molar-refractivity contribution >= 4 is 44.4 Å². The first kappa shape index (κ1) is 21.3. The highest BCUT2D eigenvalue weighted by Crippen LogP contribution is 2.34. The van der Waals surface area contributed by atoms with E-state index in [0.29, 0.717) is 30.6 Å². The van der Waals surface area contributed by atoms with Gasteiger partial charge in [0.05, 0.1) is 23.6 Å². The molecule has 0 aliphatic heterocycles. The predicted octanol–water partition coefficient (Wildman–Crippen LogP) is 4.86. The summed E-state index contributed by atoms with van der Waals surface area (Å²) in [7, 11) is 0. The fourth-order valence-electron chi connectivity index (χ4n) is 3.01. The summed E-state index contributed by atoms with van der Waals surface area (Å²) in [6.07, 6.45) is 3.57. The molecule has 0 aliphatic rings. The van der Waals surface area contributed by atoms with Gasteiger partial charge in [0, 0.05) is 23.8 Å². The molecule has 0 radical (unpaired) electrons. The number of carbonyl (C=O) groups is 1. The molecule has 9 heteroatoms. The summed E-state index contributed by atoms with van der Waals surface area (Å²) in [5.74, 6) is 0.566. The average molecular weight is 457 g/mol. The van der Waals surface area contributed by atoms with Crippen LogP contribution in [0.4, 0.5) is 9.52 Å². The van der Waals surface area contributed by atoms with Gasteiger partial charge in [-0.05, 0) is 49.4 Å². The standard InChI is InChI=1S/C22H21FN4O2S2/c1-2-29-18-5-3-6-19-21(18)25-22(31-19)27(14-13-26-12-4-11-24-26)20(28)15-30-17-9-7-16(23)8-10-17/h3-12H,2,13-15H2,1H3. The average Bonchev–Trinajstić information content (AvgIpc) is 3.44. The van der Waals surface area contributed by atoms with Crippen LogP contribution in [-0.4, -0.2) is 39.6 Å². The number of ether oxygens (including phenoxy) is 1. The molecular weight excluding hydrogens is 435 g/mol. The molecule has 0 spiro atoms. The van der Waals surface area contributed by atoms with Gasteiger partial charge in [0.25, 0.3) is 0 Å². The molecule has 0 N–H and O–H groups in total. The lowest BCUT2D eigenvalue weighted by Crippen LogP contribution is -2.35. The Balaban J connectivity index is 1.57. The summed E-state index contributed by atoms with van der Waals surface area (Å²) in [4.78, 5) is 20.4. The maximum atomic E-state index is 13.2. The molecule has 2 heterocycles. The Labute approximate surface area is 187 Å². The highest BCUT2D eigenvalue weighted by atomic mass is 32.2. The molecule has 0 aliphatic carbocycles. The first-order valence-electron chi connectivity index (χ1n) is 9.82. The number of carbonyl (C=O) groups excluding carboxylic acids is 1. The third-order valence-corrected chi connectivity index (χ3v) is 6.53.